The molecule has 100 valence electrons. The Labute approximate surface area is 112 Å². The molecule has 0 unspecified atom stereocenters. The lowest BCUT2D eigenvalue weighted by molar-refractivity contribution is 0.0820. The van der Waals surface area contributed by atoms with E-state index in [2.05, 4.69) is 15.6 Å². The Kier molecular flexibility index (Phi) is 4.93. The zero-order valence-electron chi connectivity index (χ0n) is 11.0. The first-order valence-electron chi connectivity index (χ1n) is 5.55. The third-order valence-electron chi connectivity index (χ3n) is 2.27. The Morgan fingerprint density at radius 3 is 2.72 bits per heavy atom. The van der Waals surface area contributed by atoms with Gasteiger partial charge in [-0.1, -0.05) is 11.6 Å². The van der Waals surface area contributed by atoms with Gasteiger partial charge >= 0.3 is 0 Å². The maximum absolute atomic E-state index is 12.1. The van der Waals surface area contributed by atoms with E-state index >= 15 is 0 Å². The molecule has 0 aliphatic carbocycles. The molecule has 1 aromatic rings. The molecular formula is C12H18ClN3O2. The molecule has 6 heteroatoms. The molecule has 1 rings (SSSR count). The third-order valence-corrected chi connectivity index (χ3v) is 2.46. The minimum atomic E-state index is -0.443. The van der Waals surface area contributed by atoms with Crippen molar-refractivity contribution in [1.29, 1.82) is 0 Å². The number of methoxy groups -OCH3 is 1. The van der Waals surface area contributed by atoms with Crippen molar-refractivity contribution in [3.8, 4) is 0 Å². The van der Waals surface area contributed by atoms with E-state index in [1.54, 1.807) is 20.2 Å². The molecule has 5 nitrogen and oxygen atoms in total. The summed E-state index contributed by atoms with van der Waals surface area (Å²) in [6.45, 7) is 4.20. The molecule has 18 heavy (non-hydrogen) atoms. The van der Waals surface area contributed by atoms with Crippen molar-refractivity contribution in [2.45, 2.75) is 19.4 Å². The van der Waals surface area contributed by atoms with Gasteiger partial charge in [-0.2, -0.15) is 0 Å². The van der Waals surface area contributed by atoms with Crippen LogP contribution in [-0.2, 0) is 4.74 Å². The van der Waals surface area contributed by atoms with Gasteiger partial charge in [0, 0.05) is 19.7 Å². The van der Waals surface area contributed by atoms with Gasteiger partial charge < -0.3 is 15.4 Å². The first-order valence-corrected chi connectivity index (χ1v) is 5.92. The summed E-state index contributed by atoms with van der Waals surface area (Å²) in [6.07, 6.45) is 0. The number of hydrogen-bond acceptors (Lipinski definition) is 4. The van der Waals surface area contributed by atoms with Gasteiger partial charge in [0.25, 0.3) is 5.91 Å². The molecular weight excluding hydrogens is 254 g/mol. The number of aromatic nitrogens is 1. The summed E-state index contributed by atoms with van der Waals surface area (Å²) < 4.78 is 5.05. The number of nitrogens with one attached hydrogen (secondary N) is 2. The molecule has 1 aromatic heterocycles. The summed E-state index contributed by atoms with van der Waals surface area (Å²) >= 11 is 5.85. The molecule has 1 amide bonds. The van der Waals surface area contributed by atoms with Crippen LogP contribution in [0, 0.1) is 0 Å². The summed E-state index contributed by atoms with van der Waals surface area (Å²) in [5, 5.41) is 6.00. The van der Waals surface area contributed by atoms with Gasteiger partial charge in [-0.3, -0.25) is 4.79 Å². The summed E-state index contributed by atoms with van der Waals surface area (Å²) in [7, 11) is 3.31. The topological polar surface area (TPSA) is 63.2 Å². The maximum Gasteiger partial charge on any atom is 0.252 e. The number of anilines is 1. The SMILES string of the molecule is CNc1cc(C(=O)NC(C)(C)COC)cc(Cl)n1. The number of carbonyl (C=O) groups is 1. The summed E-state index contributed by atoms with van der Waals surface area (Å²) in [4.78, 5) is 16.1. The molecule has 0 spiro atoms. The highest BCUT2D eigenvalue weighted by Crippen LogP contribution is 2.15. The average Bonchev–Trinajstić information content (AvgIpc) is 2.27. The van der Waals surface area contributed by atoms with Crippen LogP contribution >= 0.6 is 11.6 Å². The van der Waals surface area contributed by atoms with E-state index in [1.165, 1.54) is 6.07 Å². The Morgan fingerprint density at radius 2 is 2.17 bits per heavy atom. The molecule has 0 fully saturated rings. The molecule has 1 heterocycles. The second-order valence-electron chi connectivity index (χ2n) is 4.58. The number of amides is 1. The van der Waals surface area contributed by atoms with E-state index in [1.807, 2.05) is 13.8 Å². The van der Waals surface area contributed by atoms with Gasteiger partial charge in [-0.25, -0.2) is 4.98 Å². The summed E-state index contributed by atoms with van der Waals surface area (Å²) in [6, 6.07) is 3.17. The Hall–Kier alpha value is -1.33. The molecule has 2 N–H and O–H groups in total. The normalized spacial score (nSPS) is 11.2. The van der Waals surface area contributed by atoms with Crippen LogP contribution in [0.5, 0.6) is 0 Å². The van der Waals surface area contributed by atoms with Crippen LogP contribution in [0.3, 0.4) is 0 Å². The highest BCUT2D eigenvalue weighted by molar-refractivity contribution is 6.29. The van der Waals surface area contributed by atoms with Crippen LogP contribution < -0.4 is 10.6 Å². The second-order valence-corrected chi connectivity index (χ2v) is 4.97. The molecule has 0 aliphatic heterocycles. The summed E-state index contributed by atoms with van der Waals surface area (Å²) in [5.74, 6) is 0.343. The van der Waals surface area contributed by atoms with E-state index in [9.17, 15) is 4.79 Å². The Balaban J connectivity index is 2.87. The number of carbonyl (C=O) groups excluding carboxylic acids is 1. The number of hydrogen-bond donors (Lipinski definition) is 2. The average molecular weight is 272 g/mol. The van der Waals surface area contributed by atoms with Crippen LogP contribution in [0.1, 0.15) is 24.2 Å². The second kappa shape index (κ2) is 6.02. The van der Waals surface area contributed by atoms with Crippen molar-refractivity contribution in [3.63, 3.8) is 0 Å². The smallest absolute Gasteiger partial charge is 0.252 e. The quantitative estimate of drug-likeness (QED) is 0.804. The number of rotatable bonds is 5. The highest BCUT2D eigenvalue weighted by Gasteiger charge is 2.21. The van der Waals surface area contributed by atoms with Gasteiger partial charge in [-0.15, -0.1) is 0 Å². The molecule has 0 radical (unpaired) electrons. The lowest BCUT2D eigenvalue weighted by Crippen LogP contribution is -2.46. The van der Waals surface area contributed by atoms with Crippen LogP contribution in [0.4, 0.5) is 5.82 Å². The van der Waals surface area contributed by atoms with Gasteiger partial charge in [0.05, 0.1) is 12.1 Å². The number of ether oxygens (including phenoxy) is 1. The van der Waals surface area contributed by atoms with Crippen molar-refractivity contribution in [2.75, 3.05) is 26.1 Å². The van der Waals surface area contributed by atoms with Crippen molar-refractivity contribution in [1.82, 2.24) is 10.3 Å². The zero-order chi connectivity index (χ0) is 13.8. The standard InChI is InChI=1S/C12H18ClN3O2/c1-12(2,7-18-4)16-11(17)8-5-9(13)15-10(6-8)14-3/h5-6H,7H2,1-4H3,(H,14,15)(H,16,17). The lowest BCUT2D eigenvalue weighted by atomic mass is 10.1. The monoisotopic (exact) mass is 271 g/mol. The minimum Gasteiger partial charge on any atom is -0.382 e. The Bertz CT molecular complexity index is 435. The van der Waals surface area contributed by atoms with E-state index < -0.39 is 5.54 Å². The number of pyridine rings is 1. The van der Waals surface area contributed by atoms with Gasteiger partial charge in [-0.05, 0) is 26.0 Å². The first-order chi connectivity index (χ1) is 8.38. The van der Waals surface area contributed by atoms with Crippen LogP contribution in [0.15, 0.2) is 12.1 Å². The van der Waals surface area contributed by atoms with Crippen LogP contribution in [0.25, 0.3) is 0 Å². The highest BCUT2D eigenvalue weighted by atomic mass is 35.5. The third kappa shape index (κ3) is 4.16. The largest absolute Gasteiger partial charge is 0.382 e. The zero-order valence-corrected chi connectivity index (χ0v) is 11.8. The predicted octanol–water partition coefficient (Wildman–Crippen LogP) is 1.93. The van der Waals surface area contributed by atoms with E-state index in [0.29, 0.717) is 18.0 Å². The van der Waals surface area contributed by atoms with E-state index in [4.69, 9.17) is 16.3 Å². The maximum atomic E-state index is 12.1. The van der Waals surface area contributed by atoms with Gasteiger partial charge in [0.15, 0.2) is 0 Å². The van der Waals surface area contributed by atoms with Gasteiger partial charge in [0.2, 0.25) is 0 Å². The number of nitrogens with zero attached hydrogens (tertiary/aromatic N) is 1. The Morgan fingerprint density at radius 1 is 1.50 bits per heavy atom. The fourth-order valence-corrected chi connectivity index (χ4v) is 1.74. The molecule has 0 atom stereocenters. The van der Waals surface area contributed by atoms with Crippen LogP contribution in [-0.4, -0.2) is 37.2 Å². The number of halogens is 1. The summed E-state index contributed by atoms with van der Waals surface area (Å²) in [5.41, 5.74) is 0.0185. The van der Waals surface area contributed by atoms with Crippen molar-refractivity contribution in [3.05, 3.63) is 22.8 Å². The van der Waals surface area contributed by atoms with Crippen LogP contribution in [0.2, 0.25) is 5.15 Å². The molecule has 0 saturated carbocycles. The molecule has 0 aromatic carbocycles. The fraction of sp³-hybridized carbons (Fsp3) is 0.500. The van der Waals surface area contributed by atoms with Gasteiger partial charge in [0.1, 0.15) is 11.0 Å². The van der Waals surface area contributed by atoms with Crippen molar-refractivity contribution < 1.29 is 9.53 Å². The van der Waals surface area contributed by atoms with E-state index in [0.717, 1.165) is 0 Å². The van der Waals surface area contributed by atoms with Crippen molar-refractivity contribution in [2.24, 2.45) is 0 Å². The molecule has 0 saturated heterocycles. The first kappa shape index (κ1) is 14.7. The minimum absolute atomic E-state index is 0.210. The van der Waals surface area contributed by atoms with E-state index in [-0.39, 0.29) is 11.1 Å². The fourth-order valence-electron chi connectivity index (χ4n) is 1.53. The molecule has 0 aliphatic rings. The lowest BCUT2D eigenvalue weighted by Gasteiger charge is -2.25. The molecule has 0 bridgehead atoms. The van der Waals surface area contributed by atoms with Crippen molar-refractivity contribution >= 4 is 23.3 Å². The predicted molar refractivity (Wildman–Crippen MR) is 72.2 cm³/mol.